The van der Waals surface area contributed by atoms with Gasteiger partial charge >= 0.3 is 5.97 Å². The topological polar surface area (TPSA) is 83.5 Å². The molecule has 0 saturated carbocycles. The second-order valence-electron chi connectivity index (χ2n) is 3.36. The lowest BCUT2D eigenvalue weighted by Crippen LogP contribution is -2.25. The van der Waals surface area contributed by atoms with Crippen molar-refractivity contribution >= 4 is 16.1 Å². The minimum absolute atomic E-state index is 0.707. The van der Waals surface area contributed by atoms with Gasteiger partial charge in [-0.05, 0) is 20.8 Å². The van der Waals surface area contributed by atoms with E-state index in [4.69, 9.17) is 0 Å². The number of carbonyl (C=O) groups is 1. The molecule has 0 bridgehead atoms. The molecule has 0 amide bonds. The second-order valence-corrected chi connectivity index (χ2v) is 4.71. The highest BCUT2D eigenvalue weighted by molar-refractivity contribution is 7.85. The molecule has 0 aromatic heterocycles. The predicted octanol–water partition coefficient (Wildman–Crippen LogP) is 0.0784. The number of esters is 1. The van der Waals surface area contributed by atoms with Crippen molar-refractivity contribution in [2.24, 2.45) is 5.41 Å². The molecule has 0 atom stereocenters. The van der Waals surface area contributed by atoms with Crippen molar-refractivity contribution in [2.75, 3.05) is 5.94 Å². The van der Waals surface area contributed by atoms with Crippen molar-refractivity contribution in [2.45, 2.75) is 20.8 Å². The minimum Gasteiger partial charge on any atom is -0.745 e. The first-order valence-electron chi connectivity index (χ1n) is 3.24. The fourth-order valence-corrected chi connectivity index (χ4v) is 0.594. The first-order valence-corrected chi connectivity index (χ1v) is 4.81. The molecule has 0 radical (unpaired) electrons. The summed E-state index contributed by atoms with van der Waals surface area (Å²) in [5.74, 6) is -1.80. The maximum atomic E-state index is 10.9. The van der Waals surface area contributed by atoms with Crippen LogP contribution in [0.15, 0.2) is 0 Å². The SMILES string of the molecule is CC(C)(C)C(=O)OCS(=O)(=O)[O-]. The molecule has 5 nitrogen and oxygen atoms in total. The zero-order valence-corrected chi connectivity index (χ0v) is 7.97. The van der Waals surface area contributed by atoms with Crippen molar-refractivity contribution in [1.82, 2.24) is 0 Å². The van der Waals surface area contributed by atoms with Crippen LogP contribution in [0.5, 0.6) is 0 Å². The number of hydrogen-bond donors (Lipinski definition) is 0. The molecule has 0 fully saturated rings. The van der Waals surface area contributed by atoms with Gasteiger partial charge in [0.25, 0.3) is 0 Å². The summed E-state index contributed by atoms with van der Waals surface area (Å²) in [6.45, 7) is 4.69. The number of carbonyl (C=O) groups excluding carboxylic acids is 1. The van der Waals surface area contributed by atoms with Crippen molar-refractivity contribution in [3.05, 3.63) is 0 Å². The van der Waals surface area contributed by atoms with Crippen molar-refractivity contribution in [3.8, 4) is 0 Å². The quantitative estimate of drug-likeness (QED) is 0.460. The van der Waals surface area contributed by atoms with Crippen LogP contribution in [0.3, 0.4) is 0 Å². The number of ether oxygens (including phenoxy) is 1. The summed E-state index contributed by atoms with van der Waals surface area (Å²) < 4.78 is 34.3. The third-order valence-corrected chi connectivity index (χ3v) is 1.35. The highest BCUT2D eigenvalue weighted by Crippen LogP contribution is 2.14. The van der Waals surface area contributed by atoms with Crippen LogP contribution in [0.1, 0.15) is 20.8 Å². The van der Waals surface area contributed by atoms with E-state index >= 15 is 0 Å². The van der Waals surface area contributed by atoms with Gasteiger partial charge in [0.15, 0.2) is 5.94 Å². The third kappa shape index (κ3) is 5.09. The lowest BCUT2D eigenvalue weighted by atomic mass is 9.98. The Labute approximate surface area is 71.5 Å². The van der Waals surface area contributed by atoms with Gasteiger partial charge in [-0.2, -0.15) is 0 Å². The Hall–Kier alpha value is -0.620. The first kappa shape index (κ1) is 11.4. The summed E-state index contributed by atoms with van der Waals surface area (Å²) in [7, 11) is -4.47. The maximum absolute atomic E-state index is 10.9. The average molecular weight is 195 g/mol. The average Bonchev–Trinajstić information content (AvgIpc) is 1.78. The van der Waals surface area contributed by atoms with E-state index in [9.17, 15) is 17.8 Å². The summed E-state index contributed by atoms with van der Waals surface area (Å²) in [4.78, 5) is 10.9. The van der Waals surface area contributed by atoms with Crippen molar-refractivity contribution in [3.63, 3.8) is 0 Å². The van der Waals surface area contributed by atoms with E-state index in [0.29, 0.717) is 0 Å². The molecule has 12 heavy (non-hydrogen) atoms. The molecule has 0 aliphatic heterocycles. The molecule has 0 unspecified atom stereocenters. The standard InChI is InChI=1S/C6H12O5S/c1-6(2,3)5(7)11-4-12(8,9)10/h4H2,1-3H3,(H,8,9,10)/p-1. The van der Waals surface area contributed by atoms with Gasteiger partial charge in [-0.15, -0.1) is 0 Å². The molecule has 0 spiro atoms. The predicted molar refractivity (Wildman–Crippen MR) is 40.1 cm³/mol. The lowest BCUT2D eigenvalue weighted by Gasteiger charge is -2.17. The Morgan fingerprint density at radius 1 is 1.42 bits per heavy atom. The Morgan fingerprint density at radius 3 is 2.08 bits per heavy atom. The minimum atomic E-state index is -4.47. The van der Waals surface area contributed by atoms with E-state index in [1.165, 1.54) is 0 Å². The van der Waals surface area contributed by atoms with Crippen molar-refractivity contribution in [1.29, 1.82) is 0 Å². The van der Waals surface area contributed by atoms with Gasteiger partial charge in [0, 0.05) is 0 Å². The van der Waals surface area contributed by atoms with Gasteiger partial charge in [-0.1, -0.05) is 0 Å². The summed E-state index contributed by atoms with van der Waals surface area (Å²) in [5, 5.41) is 0. The van der Waals surface area contributed by atoms with Gasteiger partial charge < -0.3 is 9.29 Å². The summed E-state index contributed by atoms with van der Waals surface area (Å²) in [6, 6.07) is 0. The van der Waals surface area contributed by atoms with Crippen LogP contribution in [0.25, 0.3) is 0 Å². The monoisotopic (exact) mass is 195 g/mol. The molecule has 0 N–H and O–H groups in total. The molecular formula is C6H11O5S-. The van der Waals surface area contributed by atoms with E-state index < -0.39 is 27.4 Å². The van der Waals surface area contributed by atoms with Gasteiger partial charge in [-0.25, -0.2) is 8.42 Å². The zero-order valence-electron chi connectivity index (χ0n) is 7.16. The molecular weight excluding hydrogens is 184 g/mol. The van der Waals surface area contributed by atoms with E-state index in [1.807, 2.05) is 0 Å². The highest BCUT2D eigenvalue weighted by atomic mass is 32.2. The molecule has 0 aromatic carbocycles. The van der Waals surface area contributed by atoms with Crippen LogP contribution < -0.4 is 0 Å². The molecule has 72 valence electrons. The van der Waals surface area contributed by atoms with Gasteiger partial charge in [0.2, 0.25) is 0 Å². The molecule has 0 rings (SSSR count). The summed E-state index contributed by atoms with van der Waals surface area (Å²) in [5.41, 5.74) is -0.787. The first-order chi connectivity index (χ1) is 5.13. The molecule has 0 aliphatic rings. The van der Waals surface area contributed by atoms with Crippen LogP contribution in [-0.2, 0) is 19.6 Å². The Morgan fingerprint density at radius 2 is 1.83 bits per heavy atom. The smallest absolute Gasteiger partial charge is 0.312 e. The zero-order chi connectivity index (χ0) is 9.99. The van der Waals surface area contributed by atoms with Crippen LogP contribution in [-0.4, -0.2) is 24.9 Å². The van der Waals surface area contributed by atoms with Crippen LogP contribution in [0.2, 0.25) is 0 Å². The normalized spacial score (nSPS) is 12.7. The number of hydrogen-bond acceptors (Lipinski definition) is 5. The molecule has 0 saturated heterocycles. The molecule has 0 aromatic rings. The molecule has 0 aliphatic carbocycles. The van der Waals surface area contributed by atoms with Gasteiger partial charge in [0.05, 0.1) is 5.41 Å². The fraction of sp³-hybridized carbons (Fsp3) is 0.833. The molecule has 6 heteroatoms. The van der Waals surface area contributed by atoms with Crippen LogP contribution >= 0.6 is 0 Å². The fourth-order valence-electron chi connectivity index (χ4n) is 0.342. The van der Waals surface area contributed by atoms with Gasteiger partial charge in [-0.3, -0.25) is 4.79 Å². The van der Waals surface area contributed by atoms with E-state index in [1.54, 1.807) is 20.8 Å². The van der Waals surface area contributed by atoms with Crippen LogP contribution in [0, 0.1) is 5.41 Å². The van der Waals surface area contributed by atoms with E-state index in [2.05, 4.69) is 4.74 Å². The number of rotatable bonds is 2. The lowest BCUT2D eigenvalue weighted by molar-refractivity contribution is -0.150. The Kier molecular flexibility index (Phi) is 3.23. The van der Waals surface area contributed by atoms with E-state index in [0.717, 1.165) is 0 Å². The summed E-state index contributed by atoms with van der Waals surface area (Å²) >= 11 is 0. The van der Waals surface area contributed by atoms with E-state index in [-0.39, 0.29) is 0 Å². The Balaban J connectivity index is 4.07. The third-order valence-electron chi connectivity index (χ3n) is 0.947. The molecule has 0 heterocycles. The van der Waals surface area contributed by atoms with Crippen molar-refractivity contribution < 1.29 is 22.5 Å². The maximum Gasteiger partial charge on any atom is 0.312 e. The summed E-state index contributed by atoms with van der Waals surface area (Å²) in [6.07, 6.45) is 0. The van der Waals surface area contributed by atoms with Crippen LogP contribution in [0.4, 0.5) is 0 Å². The largest absolute Gasteiger partial charge is 0.745 e. The Bertz CT molecular complexity index is 258. The van der Waals surface area contributed by atoms with Gasteiger partial charge in [0.1, 0.15) is 10.1 Å². The second kappa shape index (κ2) is 3.40. The highest BCUT2D eigenvalue weighted by Gasteiger charge is 2.23.